The molecule has 6 rings (SSSR count). The van der Waals surface area contributed by atoms with Gasteiger partial charge in [0.15, 0.2) is 17.6 Å². The van der Waals surface area contributed by atoms with Gasteiger partial charge in [0.05, 0.1) is 19.6 Å². The molecule has 5 aliphatic rings. The number of hydrogen-bond acceptors (Lipinski definition) is 3. The first-order valence-corrected chi connectivity index (χ1v) is 8.50. The van der Waals surface area contributed by atoms with Crippen LogP contribution in [0.5, 0.6) is 11.5 Å². The first-order valence-electron chi connectivity index (χ1n) is 8.50. The van der Waals surface area contributed by atoms with E-state index in [2.05, 4.69) is 31.2 Å². The Labute approximate surface area is 135 Å². The quantitative estimate of drug-likeness (QED) is 0.838. The van der Waals surface area contributed by atoms with E-state index in [1.807, 2.05) is 0 Å². The van der Waals surface area contributed by atoms with Gasteiger partial charge in [-0.15, -0.1) is 0 Å². The summed E-state index contributed by atoms with van der Waals surface area (Å²) in [5.41, 5.74) is 4.88. The van der Waals surface area contributed by atoms with E-state index in [1.165, 1.54) is 24.0 Å². The van der Waals surface area contributed by atoms with Crippen LogP contribution in [0, 0.1) is 17.3 Å². The maximum Gasteiger partial charge on any atom is 0.169 e. The Hall–Kier alpha value is -1.90. The molecule has 2 fully saturated rings. The summed E-state index contributed by atoms with van der Waals surface area (Å²) in [5.74, 6) is 4.26. The third-order valence-electron chi connectivity index (χ3n) is 7.37. The number of ether oxygens (including phenoxy) is 3. The lowest BCUT2D eigenvalue weighted by atomic mass is 9.61. The Morgan fingerprint density at radius 1 is 1.17 bits per heavy atom. The molecule has 3 nitrogen and oxygen atoms in total. The van der Waals surface area contributed by atoms with E-state index in [9.17, 15) is 0 Å². The van der Waals surface area contributed by atoms with Crippen molar-refractivity contribution < 1.29 is 14.2 Å². The molecule has 1 heterocycles. The van der Waals surface area contributed by atoms with Gasteiger partial charge in [0.2, 0.25) is 0 Å². The maximum atomic E-state index is 6.49. The van der Waals surface area contributed by atoms with Crippen LogP contribution < -0.4 is 9.47 Å². The highest BCUT2D eigenvalue weighted by Crippen LogP contribution is 2.82. The molecule has 118 valence electrons. The normalized spacial score (nSPS) is 43.0. The summed E-state index contributed by atoms with van der Waals surface area (Å²) in [6, 6.07) is 4.34. The predicted molar refractivity (Wildman–Crippen MR) is 85.7 cm³/mol. The number of methoxy groups -OCH3 is 2. The van der Waals surface area contributed by atoms with Crippen molar-refractivity contribution >= 4 is 0 Å². The molecule has 0 N–H and O–H groups in total. The van der Waals surface area contributed by atoms with Crippen LogP contribution in [-0.2, 0) is 16.6 Å². The van der Waals surface area contributed by atoms with E-state index < -0.39 is 0 Å². The summed E-state index contributed by atoms with van der Waals surface area (Å²) < 4.78 is 17.8. The van der Waals surface area contributed by atoms with Gasteiger partial charge in [0, 0.05) is 5.56 Å². The minimum Gasteiger partial charge on any atom is -0.497 e. The van der Waals surface area contributed by atoms with Gasteiger partial charge in [-0.3, -0.25) is 0 Å². The largest absolute Gasteiger partial charge is 0.497 e. The van der Waals surface area contributed by atoms with Gasteiger partial charge in [0.25, 0.3) is 0 Å². The molecule has 2 bridgehead atoms. The van der Waals surface area contributed by atoms with Gasteiger partial charge in [0.1, 0.15) is 5.76 Å². The monoisotopic (exact) mass is 308 g/mol. The lowest BCUT2D eigenvalue weighted by Gasteiger charge is -2.41. The average molecular weight is 308 g/mol. The minimum atomic E-state index is -0.0188. The molecule has 1 unspecified atom stereocenters. The first-order chi connectivity index (χ1) is 11.2. The van der Waals surface area contributed by atoms with E-state index in [-0.39, 0.29) is 11.5 Å². The first kappa shape index (κ1) is 12.5. The zero-order valence-corrected chi connectivity index (χ0v) is 13.7. The average Bonchev–Trinajstić information content (AvgIpc) is 2.88. The zero-order chi connectivity index (χ0) is 15.6. The van der Waals surface area contributed by atoms with Gasteiger partial charge < -0.3 is 14.2 Å². The molecule has 0 aromatic heterocycles. The van der Waals surface area contributed by atoms with Crippen molar-refractivity contribution in [3.63, 3.8) is 0 Å². The minimum absolute atomic E-state index is 0.00523. The van der Waals surface area contributed by atoms with Crippen LogP contribution >= 0.6 is 0 Å². The van der Waals surface area contributed by atoms with E-state index in [4.69, 9.17) is 14.2 Å². The highest BCUT2D eigenvalue weighted by atomic mass is 16.6. The molecular formula is C20H20O3. The molecule has 0 radical (unpaired) electrons. The van der Waals surface area contributed by atoms with Crippen molar-refractivity contribution in [2.24, 2.45) is 17.3 Å². The fourth-order valence-corrected chi connectivity index (χ4v) is 6.47. The van der Waals surface area contributed by atoms with Gasteiger partial charge in [-0.25, -0.2) is 0 Å². The molecule has 2 spiro atoms. The summed E-state index contributed by atoms with van der Waals surface area (Å²) in [6.07, 6.45) is 6.83. The topological polar surface area (TPSA) is 27.7 Å². The van der Waals surface area contributed by atoms with E-state index in [1.54, 1.807) is 19.8 Å². The molecule has 0 saturated heterocycles. The predicted octanol–water partition coefficient (Wildman–Crippen LogP) is 3.38. The number of hydrogen-bond donors (Lipinski definition) is 0. The second-order valence-corrected chi connectivity index (χ2v) is 7.85. The van der Waals surface area contributed by atoms with Crippen LogP contribution in [0.1, 0.15) is 24.5 Å². The van der Waals surface area contributed by atoms with Crippen LogP contribution in [-0.4, -0.2) is 20.3 Å². The second-order valence-electron chi connectivity index (χ2n) is 7.85. The number of fused-ring (bicyclic) bond motifs is 1. The van der Waals surface area contributed by atoms with Crippen molar-refractivity contribution in [3.8, 4) is 11.5 Å². The highest BCUT2D eigenvalue weighted by molar-refractivity contribution is 5.70. The number of rotatable bonds is 2. The Morgan fingerprint density at radius 3 is 2.83 bits per heavy atom. The summed E-state index contributed by atoms with van der Waals surface area (Å²) in [4.78, 5) is 0. The number of benzene rings is 1. The van der Waals surface area contributed by atoms with E-state index in [0.717, 1.165) is 23.2 Å². The van der Waals surface area contributed by atoms with E-state index >= 15 is 0 Å². The summed E-state index contributed by atoms with van der Waals surface area (Å²) in [5, 5.41) is 0. The lowest BCUT2D eigenvalue weighted by Crippen LogP contribution is -2.45. The van der Waals surface area contributed by atoms with Crippen LogP contribution in [0.3, 0.4) is 0 Å². The highest BCUT2D eigenvalue weighted by Gasteiger charge is 2.79. The molecular weight excluding hydrogens is 288 g/mol. The molecule has 23 heavy (non-hydrogen) atoms. The van der Waals surface area contributed by atoms with Gasteiger partial charge >= 0.3 is 0 Å². The molecule has 3 heteroatoms. The van der Waals surface area contributed by atoms with Crippen molar-refractivity contribution in [2.45, 2.75) is 31.3 Å². The zero-order valence-electron chi connectivity index (χ0n) is 13.7. The van der Waals surface area contributed by atoms with Crippen LogP contribution in [0.4, 0.5) is 0 Å². The van der Waals surface area contributed by atoms with Gasteiger partial charge in [-0.1, -0.05) is 24.6 Å². The molecule has 2 saturated carbocycles. The molecule has 1 aliphatic heterocycles. The Bertz CT molecular complexity index is 836. The molecule has 5 atom stereocenters. The van der Waals surface area contributed by atoms with Gasteiger partial charge in [-0.05, 0) is 47.8 Å². The van der Waals surface area contributed by atoms with Crippen LogP contribution in [0.25, 0.3) is 0 Å². The second kappa shape index (κ2) is 3.45. The Morgan fingerprint density at radius 2 is 2.04 bits per heavy atom. The molecule has 0 amide bonds. The van der Waals surface area contributed by atoms with Crippen molar-refractivity contribution in [2.75, 3.05) is 14.2 Å². The SMILES string of the molecule is COC1=CC=C2[C@@H]3[C@H](C)C34Cc3ccc(OC)c5c3[C@@]2(C4)[C@H]1O5. The molecule has 1 aromatic rings. The smallest absolute Gasteiger partial charge is 0.169 e. The fourth-order valence-electron chi connectivity index (χ4n) is 6.47. The summed E-state index contributed by atoms with van der Waals surface area (Å²) in [6.45, 7) is 2.42. The van der Waals surface area contributed by atoms with E-state index in [0.29, 0.717) is 11.3 Å². The third-order valence-corrected chi connectivity index (χ3v) is 7.37. The molecule has 1 aromatic carbocycles. The third kappa shape index (κ3) is 1.05. The number of allylic oxidation sites excluding steroid dienone is 2. The molecule has 4 aliphatic carbocycles. The lowest BCUT2D eigenvalue weighted by molar-refractivity contribution is 0.105. The Kier molecular flexibility index (Phi) is 1.88. The fraction of sp³-hybridized carbons (Fsp3) is 0.500. The Balaban J connectivity index is 1.70. The van der Waals surface area contributed by atoms with Crippen LogP contribution in [0.15, 0.2) is 35.6 Å². The summed E-state index contributed by atoms with van der Waals surface area (Å²) >= 11 is 0. The maximum absolute atomic E-state index is 6.49. The van der Waals surface area contributed by atoms with Crippen molar-refractivity contribution in [1.82, 2.24) is 0 Å². The van der Waals surface area contributed by atoms with Crippen LogP contribution in [0.2, 0.25) is 0 Å². The standard InChI is InChI=1S/C20H20O3/c1-10-15-12-5-7-14(22-3)18-20(12)9-19(10,15)8-11-4-6-13(21-2)17(23-18)16(11)20/h4-7,10,15,18H,8-9H2,1-3H3/t10-,15-,18-,19?,20-/m0/s1. The van der Waals surface area contributed by atoms with Crippen molar-refractivity contribution in [1.29, 1.82) is 0 Å². The van der Waals surface area contributed by atoms with Crippen molar-refractivity contribution in [3.05, 3.63) is 46.7 Å². The van der Waals surface area contributed by atoms with Gasteiger partial charge in [-0.2, -0.15) is 0 Å². The summed E-state index contributed by atoms with van der Waals surface area (Å²) in [7, 11) is 3.48.